The maximum atomic E-state index is 5.90. The minimum Gasteiger partial charge on any atom is -0.365 e. The van der Waals surface area contributed by atoms with Gasteiger partial charge >= 0.3 is 0 Å². The van der Waals surface area contributed by atoms with Crippen LogP contribution in [-0.2, 0) is 0 Å². The van der Waals surface area contributed by atoms with Gasteiger partial charge in [0.1, 0.15) is 5.82 Å². The van der Waals surface area contributed by atoms with Gasteiger partial charge in [-0.15, -0.1) is 0 Å². The Morgan fingerprint density at radius 3 is 2.82 bits per heavy atom. The van der Waals surface area contributed by atoms with Crippen molar-refractivity contribution in [3.63, 3.8) is 0 Å². The summed E-state index contributed by atoms with van der Waals surface area (Å²) in [6, 6.07) is 4.28. The van der Waals surface area contributed by atoms with Gasteiger partial charge in [0.2, 0.25) is 0 Å². The molecule has 1 aromatic heterocycles. The predicted molar refractivity (Wildman–Crippen MR) is 75.0 cm³/mol. The molecule has 0 aromatic carbocycles. The minimum absolute atomic E-state index is 0.349. The van der Waals surface area contributed by atoms with Crippen LogP contribution in [0.1, 0.15) is 32.1 Å². The van der Waals surface area contributed by atoms with Crippen molar-refractivity contribution in [1.82, 2.24) is 4.98 Å². The van der Waals surface area contributed by atoms with E-state index in [4.69, 9.17) is 5.73 Å². The zero-order valence-electron chi connectivity index (χ0n) is 10.0. The van der Waals surface area contributed by atoms with Crippen LogP contribution in [0.2, 0.25) is 0 Å². The van der Waals surface area contributed by atoms with Gasteiger partial charge in [0.15, 0.2) is 0 Å². The smallest absolute Gasteiger partial charge is 0.140 e. The number of hydrogen-bond acceptors (Lipinski definition) is 3. The normalized spacial score (nSPS) is 18.9. The molecule has 0 bridgehead atoms. The molecule has 0 amide bonds. The van der Waals surface area contributed by atoms with E-state index >= 15 is 0 Å². The summed E-state index contributed by atoms with van der Waals surface area (Å²) in [6.07, 6.45) is 8.44. The van der Waals surface area contributed by atoms with Crippen molar-refractivity contribution in [2.45, 2.75) is 38.1 Å². The molecule has 17 heavy (non-hydrogen) atoms. The lowest BCUT2D eigenvalue weighted by Crippen LogP contribution is -2.37. The molecule has 4 heteroatoms. The van der Waals surface area contributed by atoms with Crippen molar-refractivity contribution >= 4 is 21.7 Å². The first-order valence-corrected chi connectivity index (χ1v) is 7.17. The molecule has 3 N–H and O–H groups in total. The van der Waals surface area contributed by atoms with E-state index in [9.17, 15) is 0 Å². The molecule has 1 aliphatic carbocycles. The first-order chi connectivity index (χ1) is 8.31. The van der Waals surface area contributed by atoms with Crippen molar-refractivity contribution < 1.29 is 0 Å². The second kappa shape index (κ2) is 6.36. The third kappa shape index (κ3) is 3.42. The number of nitrogens with one attached hydrogen (secondary N) is 1. The molecule has 0 radical (unpaired) electrons. The first-order valence-electron chi connectivity index (χ1n) is 6.38. The fourth-order valence-electron chi connectivity index (χ4n) is 2.57. The number of halogens is 1. The molecule has 1 atom stereocenters. The van der Waals surface area contributed by atoms with Gasteiger partial charge in [-0.3, -0.25) is 0 Å². The van der Waals surface area contributed by atoms with Crippen LogP contribution in [0.4, 0.5) is 5.82 Å². The second-order valence-corrected chi connectivity index (χ2v) is 5.57. The van der Waals surface area contributed by atoms with Gasteiger partial charge in [-0.25, -0.2) is 4.98 Å². The van der Waals surface area contributed by atoms with Gasteiger partial charge in [-0.1, -0.05) is 19.3 Å². The predicted octanol–water partition coefficient (Wildman–Crippen LogP) is 3.16. The third-order valence-corrected chi connectivity index (χ3v) is 4.19. The zero-order chi connectivity index (χ0) is 12.1. The molecule has 0 saturated heterocycles. The summed E-state index contributed by atoms with van der Waals surface area (Å²) in [5.41, 5.74) is 5.90. The lowest BCUT2D eigenvalue weighted by molar-refractivity contribution is 0.320. The Labute approximate surface area is 111 Å². The van der Waals surface area contributed by atoms with E-state index in [2.05, 4.69) is 26.2 Å². The van der Waals surface area contributed by atoms with E-state index in [1.54, 1.807) is 0 Å². The number of nitrogens with two attached hydrogens (primary N) is 1. The summed E-state index contributed by atoms with van der Waals surface area (Å²) in [5.74, 6) is 1.61. The molecular formula is C13H20BrN3. The monoisotopic (exact) mass is 297 g/mol. The van der Waals surface area contributed by atoms with Gasteiger partial charge in [0.05, 0.1) is 4.47 Å². The average molecular weight is 298 g/mol. The van der Waals surface area contributed by atoms with Crippen molar-refractivity contribution in [1.29, 1.82) is 0 Å². The second-order valence-electron chi connectivity index (χ2n) is 4.72. The Balaban J connectivity index is 2.01. The minimum atomic E-state index is 0.349. The molecule has 1 fully saturated rings. The molecule has 1 saturated carbocycles. The van der Waals surface area contributed by atoms with Crippen LogP contribution in [0.15, 0.2) is 22.8 Å². The van der Waals surface area contributed by atoms with Crippen molar-refractivity contribution in [3.8, 4) is 0 Å². The Hall–Kier alpha value is -0.610. The lowest BCUT2D eigenvalue weighted by atomic mass is 9.84. The molecule has 0 aliphatic heterocycles. The zero-order valence-corrected chi connectivity index (χ0v) is 11.6. The first kappa shape index (κ1) is 12.8. The van der Waals surface area contributed by atoms with Crippen molar-refractivity contribution in [2.75, 3.05) is 11.9 Å². The van der Waals surface area contributed by atoms with Crippen LogP contribution >= 0.6 is 15.9 Å². The van der Waals surface area contributed by atoms with Crippen LogP contribution in [0, 0.1) is 5.92 Å². The van der Waals surface area contributed by atoms with E-state index in [-0.39, 0.29) is 0 Å². The molecule has 1 aliphatic rings. The number of hydrogen-bond donors (Lipinski definition) is 2. The summed E-state index contributed by atoms with van der Waals surface area (Å²) in [7, 11) is 0. The highest BCUT2D eigenvalue weighted by atomic mass is 79.9. The molecule has 3 nitrogen and oxygen atoms in total. The molecular weight excluding hydrogens is 278 g/mol. The summed E-state index contributed by atoms with van der Waals surface area (Å²) in [5, 5.41) is 3.48. The summed E-state index contributed by atoms with van der Waals surface area (Å²) in [6.45, 7) is 0.674. The largest absolute Gasteiger partial charge is 0.365 e. The molecule has 0 spiro atoms. The molecule has 1 unspecified atom stereocenters. The van der Waals surface area contributed by atoms with Crippen molar-refractivity contribution in [3.05, 3.63) is 22.8 Å². The van der Waals surface area contributed by atoms with Gasteiger partial charge in [0, 0.05) is 18.8 Å². The number of nitrogens with zero attached hydrogens (tertiary/aromatic N) is 1. The standard InChI is InChI=1S/C13H20BrN3/c14-11-7-4-8-16-13(11)17-12(9-15)10-5-2-1-3-6-10/h4,7-8,10,12H,1-3,5-6,9,15H2,(H,16,17). The maximum absolute atomic E-state index is 5.90. The number of anilines is 1. The van der Waals surface area contributed by atoms with Crippen LogP contribution < -0.4 is 11.1 Å². The van der Waals surface area contributed by atoms with Crippen LogP contribution in [0.3, 0.4) is 0 Å². The highest BCUT2D eigenvalue weighted by Crippen LogP contribution is 2.29. The van der Waals surface area contributed by atoms with Crippen LogP contribution in [-0.4, -0.2) is 17.6 Å². The summed E-state index contributed by atoms with van der Waals surface area (Å²) >= 11 is 3.51. The Bertz CT molecular complexity index is 350. The van der Waals surface area contributed by atoms with Crippen LogP contribution in [0.5, 0.6) is 0 Å². The number of rotatable bonds is 4. The van der Waals surface area contributed by atoms with E-state index in [0.29, 0.717) is 18.5 Å². The Morgan fingerprint density at radius 2 is 2.18 bits per heavy atom. The van der Waals surface area contributed by atoms with Crippen molar-refractivity contribution in [2.24, 2.45) is 11.7 Å². The quantitative estimate of drug-likeness (QED) is 0.897. The molecule has 94 valence electrons. The summed E-state index contributed by atoms with van der Waals surface area (Å²) in [4.78, 5) is 4.35. The van der Waals surface area contributed by atoms with E-state index < -0.39 is 0 Å². The van der Waals surface area contributed by atoms with Gasteiger partial charge < -0.3 is 11.1 Å². The van der Waals surface area contributed by atoms with Gasteiger partial charge in [0.25, 0.3) is 0 Å². The Kier molecular flexibility index (Phi) is 4.80. The lowest BCUT2D eigenvalue weighted by Gasteiger charge is -2.30. The number of aromatic nitrogens is 1. The Morgan fingerprint density at radius 1 is 1.41 bits per heavy atom. The molecule has 2 rings (SSSR count). The maximum Gasteiger partial charge on any atom is 0.140 e. The van der Waals surface area contributed by atoms with E-state index in [1.165, 1.54) is 32.1 Å². The fourth-order valence-corrected chi connectivity index (χ4v) is 2.94. The number of pyridine rings is 1. The topological polar surface area (TPSA) is 50.9 Å². The highest BCUT2D eigenvalue weighted by Gasteiger charge is 2.23. The summed E-state index contributed by atoms with van der Waals surface area (Å²) < 4.78 is 1.01. The van der Waals surface area contributed by atoms with Crippen LogP contribution in [0.25, 0.3) is 0 Å². The SMILES string of the molecule is NCC(Nc1ncccc1Br)C1CCCCC1. The fraction of sp³-hybridized carbons (Fsp3) is 0.615. The molecule has 1 heterocycles. The van der Waals surface area contributed by atoms with E-state index in [1.807, 2.05) is 18.3 Å². The highest BCUT2D eigenvalue weighted by molar-refractivity contribution is 9.10. The average Bonchev–Trinajstić information content (AvgIpc) is 2.39. The van der Waals surface area contributed by atoms with E-state index in [0.717, 1.165) is 10.3 Å². The van der Waals surface area contributed by atoms with Gasteiger partial charge in [-0.2, -0.15) is 0 Å². The third-order valence-electron chi connectivity index (χ3n) is 3.55. The molecule has 1 aromatic rings. The van der Waals surface area contributed by atoms with Gasteiger partial charge in [-0.05, 0) is 46.8 Å².